The summed E-state index contributed by atoms with van der Waals surface area (Å²) >= 11 is 3.29. The number of halogens is 1. The summed E-state index contributed by atoms with van der Waals surface area (Å²) in [5, 5.41) is 2.57. The van der Waals surface area contributed by atoms with E-state index in [1.165, 1.54) is 12.1 Å². The molecule has 0 atom stereocenters. The Morgan fingerprint density at radius 3 is 2.43 bits per heavy atom. The lowest BCUT2D eigenvalue weighted by Crippen LogP contribution is -2.23. The van der Waals surface area contributed by atoms with Gasteiger partial charge in [0.05, 0.1) is 4.90 Å². The molecule has 1 amide bonds. The summed E-state index contributed by atoms with van der Waals surface area (Å²) in [5.41, 5.74) is 1.51. The number of benzene rings is 2. The Balaban J connectivity index is 2.09. The van der Waals surface area contributed by atoms with Crippen LogP contribution in [0.1, 0.15) is 5.56 Å². The van der Waals surface area contributed by atoms with Gasteiger partial charge in [0.2, 0.25) is 5.91 Å². The molecule has 4 nitrogen and oxygen atoms in total. The Bertz CT molecular complexity index is 755. The summed E-state index contributed by atoms with van der Waals surface area (Å²) in [7, 11) is -3.63. The zero-order chi connectivity index (χ0) is 15.5. The molecule has 0 spiro atoms. The molecule has 0 aromatic heterocycles. The van der Waals surface area contributed by atoms with Gasteiger partial charge in [-0.2, -0.15) is 0 Å². The van der Waals surface area contributed by atoms with E-state index in [0.717, 1.165) is 10.0 Å². The van der Waals surface area contributed by atoms with Crippen LogP contribution < -0.4 is 5.32 Å². The largest absolute Gasteiger partial charge is 0.325 e. The molecule has 6 heteroatoms. The molecule has 2 aromatic rings. The summed E-state index contributed by atoms with van der Waals surface area (Å²) in [6.07, 6.45) is 0. The highest BCUT2D eigenvalue weighted by Crippen LogP contribution is 2.16. The lowest BCUT2D eigenvalue weighted by atomic mass is 10.2. The maximum Gasteiger partial charge on any atom is 0.239 e. The summed E-state index contributed by atoms with van der Waals surface area (Å²) in [4.78, 5) is 12.0. The van der Waals surface area contributed by atoms with Gasteiger partial charge in [0.1, 0.15) is 5.75 Å². The molecule has 0 aliphatic heterocycles. The molecule has 21 heavy (non-hydrogen) atoms. The van der Waals surface area contributed by atoms with Crippen molar-refractivity contribution in [2.75, 3.05) is 11.1 Å². The first-order valence-electron chi connectivity index (χ1n) is 6.22. The highest BCUT2D eigenvalue weighted by molar-refractivity contribution is 9.10. The van der Waals surface area contributed by atoms with Gasteiger partial charge in [-0.1, -0.05) is 39.7 Å². The molecule has 0 unspecified atom stereocenters. The van der Waals surface area contributed by atoms with Crippen molar-refractivity contribution in [1.82, 2.24) is 0 Å². The second-order valence-electron chi connectivity index (χ2n) is 4.63. The topological polar surface area (TPSA) is 63.2 Å². The van der Waals surface area contributed by atoms with E-state index in [-0.39, 0.29) is 4.90 Å². The molecule has 0 bridgehead atoms. The summed E-state index contributed by atoms with van der Waals surface area (Å²) in [5.74, 6) is -1.14. The Labute approximate surface area is 132 Å². The van der Waals surface area contributed by atoms with E-state index < -0.39 is 21.5 Å². The van der Waals surface area contributed by atoms with Crippen molar-refractivity contribution in [1.29, 1.82) is 0 Å². The van der Waals surface area contributed by atoms with Gasteiger partial charge in [-0.25, -0.2) is 8.42 Å². The third-order valence-corrected chi connectivity index (χ3v) is 4.94. The number of aryl methyl sites for hydroxylation is 1. The Morgan fingerprint density at radius 1 is 1.14 bits per heavy atom. The number of anilines is 1. The Morgan fingerprint density at radius 2 is 1.81 bits per heavy atom. The van der Waals surface area contributed by atoms with Crippen LogP contribution in [0.15, 0.2) is 57.9 Å². The van der Waals surface area contributed by atoms with Crippen LogP contribution in [0.5, 0.6) is 0 Å². The van der Waals surface area contributed by atoms with Crippen LogP contribution in [-0.2, 0) is 14.6 Å². The molecular weight excluding hydrogens is 354 g/mol. The number of amides is 1. The fourth-order valence-corrected chi connectivity index (χ4v) is 3.30. The first-order valence-corrected chi connectivity index (χ1v) is 8.66. The standard InChI is InChI=1S/C15H14BrNO3S/c1-11-5-7-14(8-6-11)21(19,20)10-15(18)17-13-4-2-3-12(16)9-13/h2-9H,10H2,1H3,(H,17,18). The van der Waals surface area contributed by atoms with Crippen molar-refractivity contribution in [2.45, 2.75) is 11.8 Å². The zero-order valence-corrected chi connectivity index (χ0v) is 13.7. The van der Waals surface area contributed by atoms with Gasteiger partial charge in [0.15, 0.2) is 9.84 Å². The monoisotopic (exact) mass is 367 g/mol. The van der Waals surface area contributed by atoms with Gasteiger partial charge < -0.3 is 5.32 Å². The van der Waals surface area contributed by atoms with E-state index in [2.05, 4.69) is 21.2 Å². The van der Waals surface area contributed by atoms with Gasteiger partial charge in [-0.05, 0) is 37.3 Å². The molecule has 110 valence electrons. The van der Waals surface area contributed by atoms with Crippen LogP contribution in [0, 0.1) is 6.92 Å². The molecule has 0 saturated heterocycles. The van der Waals surface area contributed by atoms with Crippen molar-refractivity contribution in [2.24, 2.45) is 0 Å². The van der Waals surface area contributed by atoms with Gasteiger partial charge >= 0.3 is 0 Å². The molecule has 2 rings (SSSR count). The predicted molar refractivity (Wildman–Crippen MR) is 86.0 cm³/mol. The molecule has 0 heterocycles. The first kappa shape index (κ1) is 15.7. The third-order valence-electron chi connectivity index (χ3n) is 2.81. The maximum atomic E-state index is 12.1. The van der Waals surface area contributed by atoms with Crippen LogP contribution >= 0.6 is 15.9 Å². The highest BCUT2D eigenvalue weighted by atomic mass is 79.9. The van der Waals surface area contributed by atoms with E-state index in [4.69, 9.17) is 0 Å². The van der Waals surface area contributed by atoms with Gasteiger partial charge in [-0.15, -0.1) is 0 Å². The quantitative estimate of drug-likeness (QED) is 0.902. The molecule has 2 aromatic carbocycles. The van der Waals surface area contributed by atoms with E-state index in [0.29, 0.717) is 5.69 Å². The van der Waals surface area contributed by atoms with Crippen molar-refractivity contribution >= 4 is 37.4 Å². The predicted octanol–water partition coefficient (Wildman–Crippen LogP) is 3.17. The number of rotatable bonds is 4. The first-order chi connectivity index (χ1) is 9.87. The maximum absolute atomic E-state index is 12.1. The summed E-state index contributed by atoms with van der Waals surface area (Å²) in [6.45, 7) is 1.87. The molecular formula is C15H14BrNO3S. The number of nitrogens with one attached hydrogen (secondary N) is 1. The Hall–Kier alpha value is -1.66. The molecule has 0 fully saturated rings. The SMILES string of the molecule is Cc1ccc(S(=O)(=O)CC(=O)Nc2cccc(Br)c2)cc1. The fourth-order valence-electron chi connectivity index (χ4n) is 1.76. The van der Waals surface area contributed by atoms with E-state index >= 15 is 0 Å². The van der Waals surface area contributed by atoms with Gasteiger partial charge in [0, 0.05) is 10.2 Å². The second kappa shape index (κ2) is 6.41. The molecule has 0 aliphatic carbocycles. The summed E-state index contributed by atoms with van der Waals surface area (Å²) in [6, 6.07) is 13.4. The molecule has 0 aliphatic rings. The van der Waals surface area contributed by atoms with Gasteiger partial charge in [-0.3, -0.25) is 4.79 Å². The highest BCUT2D eigenvalue weighted by Gasteiger charge is 2.19. The average molecular weight is 368 g/mol. The fraction of sp³-hybridized carbons (Fsp3) is 0.133. The van der Waals surface area contributed by atoms with Gasteiger partial charge in [0.25, 0.3) is 0 Å². The number of hydrogen-bond donors (Lipinski definition) is 1. The minimum Gasteiger partial charge on any atom is -0.325 e. The molecule has 1 N–H and O–H groups in total. The third kappa shape index (κ3) is 4.41. The smallest absolute Gasteiger partial charge is 0.239 e. The number of carbonyl (C=O) groups is 1. The van der Waals surface area contributed by atoms with Crippen LogP contribution in [0.4, 0.5) is 5.69 Å². The van der Waals surface area contributed by atoms with E-state index in [1.54, 1.807) is 30.3 Å². The van der Waals surface area contributed by atoms with Crippen molar-refractivity contribution in [3.05, 3.63) is 58.6 Å². The lowest BCUT2D eigenvalue weighted by Gasteiger charge is -2.07. The van der Waals surface area contributed by atoms with Crippen molar-refractivity contribution in [3.8, 4) is 0 Å². The number of sulfone groups is 1. The van der Waals surface area contributed by atoms with E-state index in [9.17, 15) is 13.2 Å². The minimum atomic E-state index is -3.63. The minimum absolute atomic E-state index is 0.150. The van der Waals surface area contributed by atoms with Crippen molar-refractivity contribution in [3.63, 3.8) is 0 Å². The number of hydrogen-bond acceptors (Lipinski definition) is 3. The second-order valence-corrected chi connectivity index (χ2v) is 7.54. The lowest BCUT2D eigenvalue weighted by molar-refractivity contribution is -0.113. The van der Waals surface area contributed by atoms with Crippen LogP contribution in [0.25, 0.3) is 0 Å². The Kier molecular flexibility index (Phi) is 4.80. The normalized spacial score (nSPS) is 11.1. The van der Waals surface area contributed by atoms with Crippen LogP contribution in [0.3, 0.4) is 0 Å². The molecule has 0 radical (unpaired) electrons. The average Bonchev–Trinajstić information content (AvgIpc) is 2.38. The van der Waals surface area contributed by atoms with Crippen LogP contribution in [0.2, 0.25) is 0 Å². The summed E-state index contributed by atoms with van der Waals surface area (Å²) < 4.78 is 25.1. The van der Waals surface area contributed by atoms with Crippen molar-refractivity contribution < 1.29 is 13.2 Å². The molecule has 0 saturated carbocycles. The van der Waals surface area contributed by atoms with Crippen LogP contribution in [-0.4, -0.2) is 20.1 Å². The zero-order valence-electron chi connectivity index (χ0n) is 11.3. The number of carbonyl (C=O) groups excluding carboxylic acids is 1. The van der Waals surface area contributed by atoms with E-state index in [1.807, 2.05) is 13.0 Å².